The maximum atomic E-state index is 6.13. The Morgan fingerprint density at radius 3 is 2.85 bits per heavy atom. The molecule has 1 atom stereocenters. The van der Waals surface area contributed by atoms with E-state index in [2.05, 4.69) is 25.3 Å². The molecule has 0 radical (unpaired) electrons. The first-order valence-corrected chi connectivity index (χ1v) is 6.34. The summed E-state index contributed by atoms with van der Waals surface area (Å²) < 4.78 is 1.67. The number of nitrogens with one attached hydrogen (secondary N) is 1. The second kappa shape index (κ2) is 5.62. The van der Waals surface area contributed by atoms with Crippen LogP contribution in [0.15, 0.2) is 43.0 Å². The first-order chi connectivity index (χ1) is 9.81. The Balaban J connectivity index is 1.67. The number of aromatic nitrogens is 6. The lowest BCUT2D eigenvalue weighted by molar-refractivity contribution is 0.650. The average molecular weight is 269 g/mol. The van der Waals surface area contributed by atoms with Gasteiger partial charge >= 0.3 is 0 Å². The van der Waals surface area contributed by atoms with Gasteiger partial charge in [-0.3, -0.25) is 5.10 Å². The van der Waals surface area contributed by atoms with Crippen molar-refractivity contribution in [3.63, 3.8) is 0 Å². The molecule has 7 heteroatoms. The maximum absolute atomic E-state index is 6.13. The van der Waals surface area contributed by atoms with Gasteiger partial charge in [0.2, 0.25) is 0 Å². The van der Waals surface area contributed by atoms with Gasteiger partial charge in [0.05, 0.1) is 6.04 Å². The van der Waals surface area contributed by atoms with Crippen molar-refractivity contribution < 1.29 is 0 Å². The second-order valence-electron chi connectivity index (χ2n) is 4.53. The lowest BCUT2D eigenvalue weighted by atomic mass is 10.1. The number of benzene rings is 1. The average Bonchev–Trinajstić information content (AvgIpc) is 3.12. The van der Waals surface area contributed by atoms with Gasteiger partial charge in [0, 0.05) is 0 Å². The smallest absolute Gasteiger partial charge is 0.167 e. The molecule has 0 saturated heterocycles. The van der Waals surface area contributed by atoms with Gasteiger partial charge < -0.3 is 5.73 Å². The summed E-state index contributed by atoms with van der Waals surface area (Å²) in [5.41, 5.74) is 7.30. The highest BCUT2D eigenvalue weighted by molar-refractivity contribution is 5.17. The number of H-pyrrole nitrogens is 1. The monoisotopic (exact) mass is 269 g/mol. The van der Waals surface area contributed by atoms with Crippen LogP contribution in [0.1, 0.15) is 23.3 Å². The van der Waals surface area contributed by atoms with Crippen LogP contribution in [0.4, 0.5) is 0 Å². The van der Waals surface area contributed by atoms with Crippen molar-refractivity contribution in [2.75, 3.05) is 0 Å². The van der Waals surface area contributed by atoms with Gasteiger partial charge in [-0.15, -0.1) is 0 Å². The van der Waals surface area contributed by atoms with E-state index >= 15 is 0 Å². The molecule has 0 spiro atoms. The largest absolute Gasteiger partial charge is 0.321 e. The summed E-state index contributed by atoms with van der Waals surface area (Å²) in [6.07, 6.45) is 3.83. The molecule has 102 valence electrons. The number of rotatable bonds is 5. The first kappa shape index (κ1) is 12.5. The number of aromatic amines is 1. The van der Waals surface area contributed by atoms with Crippen LogP contribution in [-0.2, 0) is 13.0 Å². The maximum Gasteiger partial charge on any atom is 0.167 e. The van der Waals surface area contributed by atoms with Crippen molar-refractivity contribution in [1.29, 1.82) is 0 Å². The molecule has 0 aliphatic carbocycles. The Morgan fingerprint density at radius 1 is 1.25 bits per heavy atom. The van der Waals surface area contributed by atoms with E-state index in [0.717, 1.165) is 0 Å². The molecule has 1 aromatic carbocycles. The van der Waals surface area contributed by atoms with Crippen LogP contribution >= 0.6 is 0 Å². The molecule has 2 heterocycles. The second-order valence-corrected chi connectivity index (χ2v) is 4.53. The zero-order valence-electron chi connectivity index (χ0n) is 10.8. The van der Waals surface area contributed by atoms with Crippen LogP contribution in [0.2, 0.25) is 0 Å². The summed E-state index contributed by atoms with van der Waals surface area (Å²) in [5, 5.41) is 11.1. The zero-order valence-corrected chi connectivity index (χ0v) is 10.8. The molecule has 20 heavy (non-hydrogen) atoms. The highest BCUT2D eigenvalue weighted by atomic mass is 15.3. The van der Waals surface area contributed by atoms with Gasteiger partial charge in [0.25, 0.3) is 0 Å². The summed E-state index contributed by atoms with van der Waals surface area (Å²) >= 11 is 0. The lowest BCUT2D eigenvalue weighted by Gasteiger charge is -2.06. The molecular formula is C13H15N7. The molecule has 0 unspecified atom stereocenters. The fourth-order valence-electron chi connectivity index (χ4n) is 1.97. The topological polar surface area (TPSA) is 98.3 Å². The quantitative estimate of drug-likeness (QED) is 0.710. The van der Waals surface area contributed by atoms with E-state index in [9.17, 15) is 0 Å². The van der Waals surface area contributed by atoms with Gasteiger partial charge in [-0.25, -0.2) is 14.6 Å². The number of nitrogens with two attached hydrogens (primary N) is 1. The third-order valence-electron chi connectivity index (χ3n) is 2.96. The van der Waals surface area contributed by atoms with Crippen molar-refractivity contribution in [2.45, 2.75) is 19.0 Å². The van der Waals surface area contributed by atoms with E-state index in [1.54, 1.807) is 11.0 Å². The van der Waals surface area contributed by atoms with Crippen LogP contribution in [-0.4, -0.2) is 29.9 Å². The van der Waals surface area contributed by atoms with Crippen LogP contribution in [0, 0.1) is 0 Å². The Morgan fingerprint density at radius 2 is 2.10 bits per heavy atom. The molecule has 0 bridgehead atoms. The molecule has 2 aromatic heterocycles. The minimum absolute atomic E-state index is 0.224. The molecule has 3 rings (SSSR count). The zero-order chi connectivity index (χ0) is 13.8. The number of hydrogen-bond acceptors (Lipinski definition) is 5. The SMILES string of the molecule is N[C@@H](Cc1ccccc1)c1n[nH]c(Cn2cncn2)n1. The Kier molecular flexibility index (Phi) is 3.51. The van der Waals surface area contributed by atoms with E-state index in [1.165, 1.54) is 11.9 Å². The van der Waals surface area contributed by atoms with E-state index in [-0.39, 0.29) is 6.04 Å². The summed E-state index contributed by atoms with van der Waals surface area (Å²) in [4.78, 5) is 8.28. The molecule has 0 saturated carbocycles. The van der Waals surface area contributed by atoms with Gasteiger partial charge in [-0.2, -0.15) is 10.2 Å². The third kappa shape index (κ3) is 2.89. The first-order valence-electron chi connectivity index (χ1n) is 6.34. The molecule has 0 aliphatic heterocycles. The minimum Gasteiger partial charge on any atom is -0.321 e. The van der Waals surface area contributed by atoms with E-state index in [1.807, 2.05) is 30.3 Å². The van der Waals surface area contributed by atoms with Crippen molar-refractivity contribution in [3.05, 3.63) is 60.2 Å². The standard InChI is InChI=1S/C13H15N7/c14-11(6-10-4-2-1-3-5-10)13-17-12(18-19-13)7-20-9-15-8-16-20/h1-5,8-9,11H,6-7,14H2,(H,17,18,19)/t11-/m0/s1. The van der Waals surface area contributed by atoms with E-state index in [4.69, 9.17) is 5.73 Å². The van der Waals surface area contributed by atoms with Crippen LogP contribution in [0.3, 0.4) is 0 Å². The summed E-state index contributed by atoms with van der Waals surface area (Å²) in [5.74, 6) is 1.33. The fourth-order valence-corrected chi connectivity index (χ4v) is 1.97. The Labute approximate surface area is 115 Å². The van der Waals surface area contributed by atoms with Crippen LogP contribution in [0.25, 0.3) is 0 Å². The van der Waals surface area contributed by atoms with Crippen LogP contribution in [0.5, 0.6) is 0 Å². The van der Waals surface area contributed by atoms with E-state index in [0.29, 0.717) is 24.6 Å². The van der Waals surface area contributed by atoms with E-state index < -0.39 is 0 Å². The molecule has 0 fully saturated rings. The van der Waals surface area contributed by atoms with Crippen molar-refractivity contribution in [2.24, 2.45) is 5.73 Å². The predicted octanol–water partition coefficient (Wildman–Crippen LogP) is 0.687. The molecule has 0 amide bonds. The lowest BCUT2D eigenvalue weighted by Crippen LogP contribution is -2.15. The van der Waals surface area contributed by atoms with Gasteiger partial charge in [-0.05, 0) is 12.0 Å². The van der Waals surface area contributed by atoms with Crippen molar-refractivity contribution in [3.8, 4) is 0 Å². The summed E-state index contributed by atoms with van der Waals surface area (Å²) in [6.45, 7) is 0.505. The molecule has 3 N–H and O–H groups in total. The highest BCUT2D eigenvalue weighted by Gasteiger charge is 2.13. The molecule has 3 aromatic rings. The van der Waals surface area contributed by atoms with Gasteiger partial charge in [0.15, 0.2) is 5.82 Å². The van der Waals surface area contributed by atoms with Crippen molar-refractivity contribution in [1.82, 2.24) is 29.9 Å². The Bertz CT molecular complexity index is 644. The van der Waals surface area contributed by atoms with Crippen molar-refractivity contribution >= 4 is 0 Å². The normalized spacial score (nSPS) is 12.4. The summed E-state index contributed by atoms with van der Waals surface area (Å²) in [6, 6.07) is 9.84. The Hall–Kier alpha value is -2.54. The van der Waals surface area contributed by atoms with Gasteiger partial charge in [-0.1, -0.05) is 30.3 Å². The molecule has 0 aliphatic rings. The third-order valence-corrected chi connectivity index (χ3v) is 2.96. The van der Waals surface area contributed by atoms with Gasteiger partial charge in [0.1, 0.15) is 25.0 Å². The predicted molar refractivity (Wildman–Crippen MR) is 72.6 cm³/mol. The summed E-state index contributed by atoms with van der Waals surface area (Å²) in [7, 11) is 0. The minimum atomic E-state index is -0.224. The number of nitrogens with zero attached hydrogens (tertiary/aromatic N) is 5. The number of hydrogen-bond donors (Lipinski definition) is 2. The highest BCUT2D eigenvalue weighted by Crippen LogP contribution is 2.12. The fraction of sp³-hybridized carbons (Fsp3) is 0.231. The molecular weight excluding hydrogens is 254 g/mol. The van der Waals surface area contributed by atoms with Crippen LogP contribution < -0.4 is 5.73 Å². The molecule has 7 nitrogen and oxygen atoms in total.